The van der Waals surface area contributed by atoms with E-state index in [4.69, 9.17) is 5.73 Å². The normalized spacial score (nSPS) is 11.1. The van der Waals surface area contributed by atoms with Gasteiger partial charge in [0.25, 0.3) is 21.8 Å². The van der Waals surface area contributed by atoms with Crippen LogP contribution in [0.25, 0.3) is 0 Å². The number of primary amides is 1. The summed E-state index contributed by atoms with van der Waals surface area (Å²) in [5.74, 6) is -4.18. The van der Waals surface area contributed by atoms with E-state index in [1.165, 1.54) is 30.3 Å². The van der Waals surface area contributed by atoms with Crippen molar-refractivity contribution in [1.29, 1.82) is 0 Å². The Morgan fingerprint density at radius 1 is 1.00 bits per heavy atom. The summed E-state index contributed by atoms with van der Waals surface area (Å²) >= 11 is 1.03. The van der Waals surface area contributed by atoms with Crippen LogP contribution in [0.2, 0.25) is 0 Å². The van der Waals surface area contributed by atoms with Crippen LogP contribution in [0.1, 0.15) is 20.7 Å². The van der Waals surface area contributed by atoms with E-state index >= 15 is 0 Å². The highest BCUT2D eigenvalue weighted by molar-refractivity contribution is 7.94. The number of halogens is 2. The van der Waals surface area contributed by atoms with E-state index in [1.807, 2.05) is 0 Å². The number of hydrogen-bond acceptors (Lipinski definition) is 5. The second-order valence-corrected chi connectivity index (χ2v) is 8.61. The van der Waals surface area contributed by atoms with E-state index < -0.39 is 44.7 Å². The lowest BCUT2D eigenvalue weighted by Gasteiger charge is -2.10. The van der Waals surface area contributed by atoms with Crippen LogP contribution in [0, 0.1) is 11.6 Å². The largest absolute Gasteiger partial charge is 0.366 e. The Hall–Kier alpha value is -3.31. The minimum Gasteiger partial charge on any atom is -0.366 e. The van der Waals surface area contributed by atoms with Crippen LogP contribution >= 0.6 is 11.3 Å². The molecule has 3 aromatic rings. The molecule has 1 heterocycles. The molecule has 0 unspecified atom stereocenters. The van der Waals surface area contributed by atoms with E-state index in [0.717, 1.165) is 17.4 Å². The number of nitrogens with one attached hydrogen (secondary N) is 2. The van der Waals surface area contributed by atoms with Gasteiger partial charge < -0.3 is 11.1 Å². The molecule has 3 rings (SSSR count). The maximum Gasteiger partial charge on any atom is 0.271 e. The van der Waals surface area contributed by atoms with Crippen molar-refractivity contribution in [3.63, 3.8) is 0 Å². The summed E-state index contributed by atoms with van der Waals surface area (Å²) < 4.78 is 54.5. The zero-order chi connectivity index (χ0) is 21.2. The number of amides is 2. The topological polar surface area (TPSA) is 118 Å². The quantitative estimate of drug-likeness (QED) is 0.549. The Bertz CT molecular complexity index is 1200. The number of sulfonamides is 1. The van der Waals surface area contributed by atoms with Crippen molar-refractivity contribution in [1.82, 2.24) is 0 Å². The van der Waals surface area contributed by atoms with Gasteiger partial charge in [0.2, 0.25) is 0 Å². The minimum atomic E-state index is -3.81. The van der Waals surface area contributed by atoms with Crippen molar-refractivity contribution in [2.75, 3.05) is 10.0 Å². The number of anilines is 2. The Labute approximate surface area is 168 Å². The lowest BCUT2D eigenvalue weighted by Crippen LogP contribution is -2.17. The molecule has 0 aliphatic rings. The van der Waals surface area contributed by atoms with Gasteiger partial charge in [-0.15, -0.1) is 11.3 Å². The summed E-state index contributed by atoms with van der Waals surface area (Å²) in [4.78, 5) is 23.6. The minimum absolute atomic E-state index is 0.000676. The number of carbonyl (C=O) groups is 2. The summed E-state index contributed by atoms with van der Waals surface area (Å²) in [6.45, 7) is 0. The molecule has 0 aliphatic heterocycles. The Morgan fingerprint density at radius 3 is 2.41 bits per heavy atom. The lowest BCUT2D eigenvalue weighted by atomic mass is 10.1. The van der Waals surface area contributed by atoms with Gasteiger partial charge in [-0.25, -0.2) is 17.2 Å². The highest BCUT2D eigenvalue weighted by atomic mass is 32.2. The fraction of sp³-hybridized carbons (Fsp3) is 0. The number of thiophene rings is 1. The van der Waals surface area contributed by atoms with E-state index in [1.54, 1.807) is 11.4 Å². The summed E-state index contributed by atoms with van der Waals surface area (Å²) in [5.41, 5.74) is 4.10. The molecule has 0 atom stereocenters. The zero-order valence-electron chi connectivity index (χ0n) is 14.5. The number of hydrogen-bond donors (Lipinski definition) is 3. The van der Waals surface area contributed by atoms with Gasteiger partial charge in [0, 0.05) is 17.3 Å². The Morgan fingerprint density at radius 2 is 1.76 bits per heavy atom. The molecule has 29 heavy (non-hydrogen) atoms. The fourth-order valence-corrected chi connectivity index (χ4v) is 4.42. The summed E-state index contributed by atoms with van der Waals surface area (Å²) in [6, 6.07) is 9.71. The van der Waals surface area contributed by atoms with Gasteiger partial charge in [0.15, 0.2) is 0 Å². The molecule has 4 N–H and O–H groups in total. The monoisotopic (exact) mass is 437 g/mol. The standard InChI is InChI=1S/C18H13F2N3O4S2/c19-13-9-14(20)15(8-12(13)17(21)24)22-18(25)10-3-1-4-11(7-10)23-29(26,27)16-5-2-6-28-16/h1-9,23H,(H2,21,24)(H,22,25). The van der Waals surface area contributed by atoms with Gasteiger partial charge in [-0.2, -0.15) is 0 Å². The molecule has 0 saturated carbocycles. The maximum absolute atomic E-state index is 13.9. The third kappa shape index (κ3) is 4.58. The molecule has 0 saturated heterocycles. The van der Waals surface area contributed by atoms with Crippen molar-refractivity contribution < 1.29 is 26.8 Å². The summed E-state index contributed by atoms with van der Waals surface area (Å²) in [7, 11) is -3.81. The maximum atomic E-state index is 13.9. The third-order valence-corrected chi connectivity index (χ3v) is 6.49. The van der Waals surface area contributed by atoms with Crippen LogP contribution in [-0.4, -0.2) is 20.2 Å². The summed E-state index contributed by atoms with van der Waals surface area (Å²) in [6.07, 6.45) is 0. The van der Waals surface area contributed by atoms with E-state index in [9.17, 15) is 26.8 Å². The van der Waals surface area contributed by atoms with Crippen LogP contribution in [0.3, 0.4) is 0 Å². The predicted octanol–water partition coefficient (Wildman–Crippen LogP) is 3.18. The molecule has 0 fully saturated rings. The van der Waals surface area contributed by atoms with E-state index in [2.05, 4.69) is 10.0 Å². The number of carbonyl (C=O) groups excluding carboxylic acids is 2. The van der Waals surface area contributed by atoms with Crippen LogP contribution in [0.5, 0.6) is 0 Å². The third-order valence-electron chi connectivity index (χ3n) is 3.71. The van der Waals surface area contributed by atoms with Crippen molar-refractivity contribution in [3.8, 4) is 0 Å². The molecule has 2 amide bonds. The van der Waals surface area contributed by atoms with Crippen LogP contribution in [0.4, 0.5) is 20.2 Å². The van der Waals surface area contributed by atoms with Crippen molar-refractivity contribution >= 4 is 44.5 Å². The molecule has 2 aromatic carbocycles. The first-order valence-corrected chi connectivity index (χ1v) is 10.3. The van der Waals surface area contributed by atoms with Gasteiger partial charge in [-0.3, -0.25) is 14.3 Å². The first kappa shape index (κ1) is 20.4. The average molecular weight is 437 g/mol. The second-order valence-electron chi connectivity index (χ2n) is 5.75. The van der Waals surface area contributed by atoms with Crippen molar-refractivity contribution in [2.45, 2.75) is 4.21 Å². The van der Waals surface area contributed by atoms with Gasteiger partial charge in [0.1, 0.15) is 15.8 Å². The molecule has 0 bridgehead atoms. The zero-order valence-corrected chi connectivity index (χ0v) is 16.1. The first-order valence-electron chi connectivity index (χ1n) is 7.94. The molecule has 150 valence electrons. The first-order chi connectivity index (χ1) is 13.7. The average Bonchev–Trinajstić information content (AvgIpc) is 3.19. The van der Waals surface area contributed by atoms with Crippen molar-refractivity contribution in [2.24, 2.45) is 5.73 Å². The van der Waals surface area contributed by atoms with Crippen LogP contribution in [-0.2, 0) is 10.0 Å². The van der Waals surface area contributed by atoms with Gasteiger partial charge >= 0.3 is 0 Å². The van der Waals surface area contributed by atoms with E-state index in [0.29, 0.717) is 6.07 Å². The number of benzene rings is 2. The smallest absolute Gasteiger partial charge is 0.271 e. The number of rotatable bonds is 6. The number of nitrogens with two attached hydrogens (primary N) is 1. The highest BCUT2D eigenvalue weighted by Crippen LogP contribution is 2.23. The summed E-state index contributed by atoms with van der Waals surface area (Å²) in [5, 5.41) is 3.81. The van der Waals surface area contributed by atoms with E-state index in [-0.39, 0.29) is 15.5 Å². The predicted molar refractivity (Wildman–Crippen MR) is 104 cm³/mol. The van der Waals surface area contributed by atoms with Gasteiger partial charge in [-0.05, 0) is 35.7 Å². The molecule has 1 aromatic heterocycles. The Balaban J connectivity index is 1.84. The highest BCUT2D eigenvalue weighted by Gasteiger charge is 2.18. The fourth-order valence-electron chi connectivity index (χ4n) is 2.37. The SMILES string of the molecule is NC(=O)c1cc(NC(=O)c2cccc(NS(=O)(=O)c3cccs3)c2)c(F)cc1F. The van der Waals surface area contributed by atoms with Gasteiger partial charge in [-0.1, -0.05) is 12.1 Å². The lowest BCUT2D eigenvalue weighted by molar-refractivity contribution is 0.0992. The second kappa shape index (κ2) is 7.97. The molecule has 0 aliphatic carbocycles. The van der Waals surface area contributed by atoms with Crippen LogP contribution in [0.15, 0.2) is 58.1 Å². The molecule has 0 spiro atoms. The van der Waals surface area contributed by atoms with Crippen molar-refractivity contribution in [3.05, 3.63) is 76.7 Å². The molecule has 0 radical (unpaired) electrons. The van der Waals surface area contributed by atoms with Gasteiger partial charge in [0.05, 0.1) is 11.3 Å². The molecular formula is C18H13F2N3O4S2. The molecule has 7 nitrogen and oxygen atoms in total. The van der Waals surface area contributed by atoms with Crippen LogP contribution < -0.4 is 15.8 Å². The molecule has 11 heteroatoms. The molecular weight excluding hydrogens is 424 g/mol. The Kier molecular flexibility index (Phi) is 5.62.